The molecule has 0 bridgehead atoms. The summed E-state index contributed by atoms with van der Waals surface area (Å²) >= 11 is 1.61. The number of benzene rings is 1. The second-order valence-corrected chi connectivity index (χ2v) is 7.96. The van der Waals surface area contributed by atoms with E-state index in [0.29, 0.717) is 11.6 Å². The highest BCUT2D eigenvalue weighted by Gasteiger charge is 2.21. The maximum absolute atomic E-state index is 12.1. The Morgan fingerprint density at radius 3 is 2.53 bits per heavy atom. The first-order valence-electron chi connectivity index (χ1n) is 6.24. The second kappa shape index (κ2) is 6.63. The largest absolute Gasteiger partial charge is 0.397 e. The summed E-state index contributed by atoms with van der Waals surface area (Å²) in [6, 6.07) is 5.17. The van der Waals surface area contributed by atoms with Gasteiger partial charge in [0.2, 0.25) is 10.0 Å². The molecular weight excluding hydrogens is 280 g/mol. The number of rotatable bonds is 6. The highest BCUT2D eigenvalue weighted by Crippen LogP contribution is 2.32. The normalized spacial score (nSPS) is 13.7. The molecule has 0 fully saturated rings. The summed E-state index contributed by atoms with van der Waals surface area (Å²) in [4.78, 5) is 1.02. The third kappa shape index (κ3) is 3.87. The van der Waals surface area contributed by atoms with Crippen molar-refractivity contribution < 1.29 is 8.42 Å². The van der Waals surface area contributed by atoms with Gasteiger partial charge in [0.25, 0.3) is 0 Å². The van der Waals surface area contributed by atoms with Gasteiger partial charge in [-0.2, -0.15) is 0 Å². The van der Waals surface area contributed by atoms with Crippen LogP contribution in [0.3, 0.4) is 0 Å². The van der Waals surface area contributed by atoms with Crippen molar-refractivity contribution >= 4 is 27.5 Å². The van der Waals surface area contributed by atoms with Gasteiger partial charge in [-0.05, 0) is 18.1 Å². The Labute approximate surface area is 120 Å². The number of sulfonamides is 1. The summed E-state index contributed by atoms with van der Waals surface area (Å²) < 4.78 is 25.5. The lowest BCUT2D eigenvalue weighted by Gasteiger charge is -2.16. The van der Waals surface area contributed by atoms with E-state index >= 15 is 0 Å². The van der Waals surface area contributed by atoms with Gasteiger partial charge in [-0.3, -0.25) is 0 Å². The lowest BCUT2D eigenvalue weighted by molar-refractivity contribution is 0.521. The number of para-hydroxylation sites is 1. The molecule has 1 atom stereocenters. The quantitative estimate of drug-likeness (QED) is 0.648. The summed E-state index contributed by atoms with van der Waals surface area (Å²) in [6.07, 6.45) is 1.10. The van der Waals surface area contributed by atoms with Gasteiger partial charge in [0.05, 0.1) is 5.69 Å². The molecule has 1 unspecified atom stereocenters. The molecule has 2 N–H and O–H groups in total. The molecule has 1 rings (SSSR count). The lowest BCUT2D eigenvalue weighted by atomic mass is 10.2. The molecule has 0 aliphatic heterocycles. The van der Waals surface area contributed by atoms with E-state index in [1.165, 1.54) is 18.4 Å². The fourth-order valence-electron chi connectivity index (χ4n) is 1.42. The number of nitrogens with zero attached hydrogens (tertiary/aromatic N) is 1. The molecule has 1 aromatic rings. The highest BCUT2D eigenvalue weighted by molar-refractivity contribution is 7.99. The Kier molecular flexibility index (Phi) is 5.70. The van der Waals surface area contributed by atoms with Crippen LogP contribution in [0, 0.1) is 5.92 Å². The number of anilines is 1. The Balaban J connectivity index is 3.06. The van der Waals surface area contributed by atoms with Gasteiger partial charge in [-0.1, -0.05) is 26.3 Å². The van der Waals surface area contributed by atoms with Gasteiger partial charge < -0.3 is 5.73 Å². The molecule has 0 saturated heterocycles. The van der Waals surface area contributed by atoms with Crippen LogP contribution < -0.4 is 5.73 Å². The molecule has 108 valence electrons. The summed E-state index contributed by atoms with van der Waals surface area (Å²) in [7, 11) is -0.464. The van der Waals surface area contributed by atoms with E-state index in [1.54, 1.807) is 23.9 Å². The van der Waals surface area contributed by atoms with Crippen LogP contribution in [0.2, 0.25) is 0 Å². The molecule has 0 aliphatic carbocycles. The minimum Gasteiger partial charge on any atom is -0.397 e. The number of nitrogens with two attached hydrogens (primary N) is 1. The van der Waals surface area contributed by atoms with E-state index < -0.39 is 10.0 Å². The average molecular weight is 302 g/mol. The van der Waals surface area contributed by atoms with Crippen LogP contribution in [0.25, 0.3) is 0 Å². The zero-order chi connectivity index (χ0) is 14.6. The zero-order valence-corrected chi connectivity index (χ0v) is 13.5. The molecule has 0 aromatic heterocycles. The van der Waals surface area contributed by atoms with Gasteiger partial charge in [0.1, 0.15) is 4.90 Å². The van der Waals surface area contributed by atoms with E-state index in [9.17, 15) is 8.42 Å². The summed E-state index contributed by atoms with van der Waals surface area (Å²) in [5.74, 6) is 1.52. The van der Waals surface area contributed by atoms with Crippen molar-refractivity contribution in [1.82, 2.24) is 4.31 Å². The highest BCUT2D eigenvalue weighted by atomic mass is 32.2. The van der Waals surface area contributed by atoms with Crippen molar-refractivity contribution in [3.05, 3.63) is 18.2 Å². The lowest BCUT2D eigenvalue weighted by Crippen LogP contribution is -2.23. The van der Waals surface area contributed by atoms with Crippen LogP contribution in [0.5, 0.6) is 0 Å². The third-order valence-electron chi connectivity index (χ3n) is 3.01. The van der Waals surface area contributed by atoms with Crippen LogP contribution in [0.15, 0.2) is 28.0 Å². The molecule has 0 saturated carbocycles. The van der Waals surface area contributed by atoms with Crippen molar-refractivity contribution in [2.24, 2.45) is 5.92 Å². The van der Waals surface area contributed by atoms with Crippen LogP contribution in [-0.4, -0.2) is 32.6 Å². The second-order valence-electron chi connectivity index (χ2n) is 4.78. The van der Waals surface area contributed by atoms with Crippen LogP contribution >= 0.6 is 11.8 Å². The van der Waals surface area contributed by atoms with Gasteiger partial charge in [-0.25, -0.2) is 12.7 Å². The zero-order valence-electron chi connectivity index (χ0n) is 11.9. The molecule has 4 nitrogen and oxygen atoms in total. The van der Waals surface area contributed by atoms with Gasteiger partial charge >= 0.3 is 0 Å². The molecule has 0 spiro atoms. The number of hydrogen-bond acceptors (Lipinski definition) is 4. The predicted octanol–water partition coefficient (Wildman–Crippen LogP) is 2.66. The van der Waals surface area contributed by atoms with Crippen molar-refractivity contribution in [3.8, 4) is 0 Å². The van der Waals surface area contributed by atoms with E-state index in [1.807, 2.05) is 6.07 Å². The topological polar surface area (TPSA) is 63.4 Å². The molecule has 0 radical (unpaired) electrons. The van der Waals surface area contributed by atoms with Crippen LogP contribution in [-0.2, 0) is 10.0 Å². The fraction of sp³-hybridized carbons (Fsp3) is 0.538. The predicted molar refractivity (Wildman–Crippen MR) is 81.9 cm³/mol. The SMILES string of the molecule is CCC(C)CSc1cccc(S(=O)(=O)N(C)C)c1N. The fourth-order valence-corrected chi connectivity index (χ4v) is 3.66. The maximum atomic E-state index is 12.1. The standard InChI is InChI=1S/C13H22N2O2S2/c1-5-10(2)9-18-11-7-6-8-12(13(11)14)19(16,17)15(3)4/h6-8,10H,5,9,14H2,1-4H3. The van der Waals surface area contributed by atoms with Crippen molar-refractivity contribution in [2.75, 3.05) is 25.6 Å². The van der Waals surface area contributed by atoms with Crippen molar-refractivity contribution in [2.45, 2.75) is 30.1 Å². The van der Waals surface area contributed by atoms with E-state index in [0.717, 1.165) is 17.1 Å². The molecule has 6 heteroatoms. The Morgan fingerprint density at radius 1 is 1.37 bits per heavy atom. The van der Waals surface area contributed by atoms with Gasteiger partial charge in [-0.15, -0.1) is 11.8 Å². The summed E-state index contributed by atoms with van der Waals surface area (Å²) in [5, 5.41) is 0. The molecule has 1 aromatic carbocycles. The summed E-state index contributed by atoms with van der Waals surface area (Å²) in [5.41, 5.74) is 6.36. The van der Waals surface area contributed by atoms with Crippen LogP contribution in [0.1, 0.15) is 20.3 Å². The Hall–Kier alpha value is -0.720. The molecule has 0 aliphatic rings. The number of hydrogen-bond donors (Lipinski definition) is 1. The Bertz CT molecular complexity index is 527. The third-order valence-corrected chi connectivity index (χ3v) is 6.28. The summed E-state index contributed by atoms with van der Waals surface area (Å²) in [6.45, 7) is 4.31. The number of nitrogen functional groups attached to an aromatic ring is 1. The smallest absolute Gasteiger partial charge is 0.244 e. The van der Waals surface area contributed by atoms with E-state index in [-0.39, 0.29) is 4.90 Å². The van der Waals surface area contributed by atoms with Gasteiger partial charge in [0.15, 0.2) is 0 Å². The minimum absolute atomic E-state index is 0.187. The first-order valence-corrected chi connectivity index (χ1v) is 8.67. The molecular formula is C13H22N2O2S2. The van der Waals surface area contributed by atoms with E-state index in [2.05, 4.69) is 13.8 Å². The maximum Gasteiger partial charge on any atom is 0.244 e. The monoisotopic (exact) mass is 302 g/mol. The molecule has 0 heterocycles. The van der Waals surface area contributed by atoms with Gasteiger partial charge in [0, 0.05) is 24.7 Å². The minimum atomic E-state index is -3.48. The van der Waals surface area contributed by atoms with Crippen LogP contribution in [0.4, 0.5) is 5.69 Å². The molecule has 19 heavy (non-hydrogen) atoms. The van der Waals surface area contributed by atoms with Crippen molar-refractivity contribution in [3.63, 3.8) is 0 Å². The van der Waals surface area contributed by atoms with E-state index in [4.69, 9.17) is 5.73 Å². The first kappa shape index (κ1) is 16.3. The number of thioether (sulfide) groups is 1. The van der Waals surface area contributed by atoms with Crippen molar-refractivity contribution in [1.29, 1.82) is 0 Å². The Morgan fingerprint density at radius 2 is 2.00 bits per heavy atom. The first-order chi connectivity index (χ1) is 8.80. The average Bonchev–Trinajstić information content (AvgIpc) is 2.36. The molecule has 0 amide bonds.